The van der Waals surface area contributed by atoms with E-state index < -0.39 is 27.6 Å². The lowest BCUT2D eigenvalue weighted by molar-refractivity contribution is -0.0161. The summed E-state index contributed by atoms with van der Waals surface area (Å²) in [5, 5.41) is 22.0. The average molecular weight is 1210 g/mol. The van der Waals surface area contributed by atoms with Gasteiger partial charge in [-0.15, -0.1) is 0 Å². The molecule has 21 nitrogen and oxygen atoms in total. The first kappa shape index (κ1) is 59.6. The van der Waals surface area contributed by atoms with Crippen LogP contribution in [0.1, 0.15) is 10.4 Å². The van der Waals surface area contributed by atoms with Crippen molar-refractivity contribution in [3.05, 3.63) is 118 Å². The number of primary amides is 1. The smallest absolute Gasteiger partial charge is 0.253 e. The molecule has 26 heteroatoms. The van der Waals surface area contributed by atoms with Crippen LogP contribution in [0, 0.1) is 11.6 Å². The Balaban J connectivity index is 0.648. The van der Waals surface area contributed by atoms with E-state index in [0.717, 1.165) is 29.9 Å². The number of sulfonamides is 1. The Bertz CT molecular complexity index is 3340. The van der Waals surface area contributed by atoms with Crippen molar-refractivity contribution in [3.8, 4) is 16.9 Å². The Hall–Kier alpha value is -6.49. The van der Waals surface area contributed by atoms with Gasteiger partial charge >= 0.3 is 0 Å². The number of aromatic hydroxyl groups is 1. The van der Waals surface area contributed by atoms with Gasteiger partial charge in [0.15, 0.2) is 5.82 Å². The number of phenolic OH excluding ortho intramolecular Hbond substituents is 1. The van der Waals surface area contributed by atoms with E-state index in [1.807, 2.05) is 36.2 Å². The van der Waals surface area contributed by atoms with Gasteiger partial charge in [0.2, 0.25) is 21.9 Å². The van der Waals surface area contributed by atoms with Crippen LogP contribution in [0.2, 0.25) is 5.02 Å². The summed E-state index contributed by atoms with van der Waals surface area (Å²) in [6.07, 6.45) is 1.45. The molecule has 0 spiro atoms. The van der Waals surface area contributed by atoms with Crippen LogP contribution >= 0.6 is 27.5 Å². The first-order chi connectivity index (χ1) is 38.8. The van der Waals surface area contributed by atoms with E-state index in [1.165, 1.54) is 36.5 Å². The number of likely N-dealkylation sites (N-methyl/N-ethyl adjacent to an activating group) is 1. The zero-order valence-electron chi connectivity index (χ0n) is 43.7. The molecule has 1 aliphatic heterocycles. The maximum atomic E-state index is 16.9. The summed E-state index contributed by atoms with van der Waals surface area (Å²) < 4.78 is 93.5. The fourth-order valence-corrected chi connectivity index (χ4v) is 10.0. The lowest BCUT2D eigenvalue weighted by atomic mass is 9.96. The number of nitrogens with zero attached hydrogens (tertiary/aromatic N) is 6. The highest BCUT2D eigenvalue weighted by Crippen LogP contribution is 2.42. The van der Waals surface area contributed by atoms with Crippen LogP contribution in [-0.2, 0) is 38.4 Å². The third-order valence-electron chi connectivity index (χ3n) is 12.4. The van der Waals surface area contributed by atoms with E-state index >= 15 is 4.39 Å². The molecule has 1 saturated heterocycles. The number of rotatable bonds is 31. The molecule has 1 amide bonds. The van der Waals surface area contributed by atoms with Crippen LogP contribution in [0.15, 0.2) is 100 Å². The minimum Gasteiger partial charge on any atom is -0.508 e. The number of ether oxygens (including phenoxy) is 6. The maximum absolute atomic E-state index is 16.9. The second kappa shape index (κ2) is 29.3. The van der Waals surface area contributed by atoms with Crippen molar-refractivity contribution in [2.24, 2.45) is 5.73 Å². The van der Waals surface area contributed by atoms with Gasteiger partial charge in [-0.05, 0) is 86.9 Å². The number of amides is 1. The number of carbonyl (C=O) groups is 1. The number of nitrogens with two attached hydrogens (primary N) is 1. The Morgan fingerprint density at radius 3 is 2.10 bits per heavy atom. The van der Waals surface area contributed by atoms with Crippen molar-refractivity contribution in [2.45, 2.75) is 4.90 Å². The average Bonchev–Trinajstić information content (AvgIpc) is 3.47. The molecule has 2 aromatic heterocycles. The van der Waals surface area contributed by atoms with Crippen molar-refractivity contribution >= 4 is 100 Å². The molecule has 3 heterocycles. The standard InChI is InChI=1S/C54H61BrClF2N11O10S/c1-68(54-65-49-41(52(67-54)69-16-13-60-14-17-69)33-43(56)46(48(49)58)40-32-37(70)31-35-5-2-3-6-39(35)40)18-20-75-22-24-77-26-28-79-30-29-78-27-25-76-23-21-74-19-15-62-80(72,73)38-11-9-36(10-12-38)63-53-61-34-42(55)51(66-53)64-45-8-4-7-44(57)47(45)50(59)71/h2-12,31-34,60,62,70H,13-30H2,1H3,(H2,59,71)(H2,61,63,64,66). The molecule has 426 valence electrons. The molecule has 5 aromatic carbocycles. The number of nitrogens with one attached hydrogen (secondary N) is 4. The third kappa shape index (κ3) is 16.1. The molecular weight excluding hydrogens is 1150 g/mol. The van der Waals surface area contributed by atoms with Gasteiger partial charge < -0.3 is 65.0 Å². The largest absolute Gasteiger partial charge is 0.508 e. The zero-order valence-corrected chi connectivity index (χ0v) is 46.8. The number of fused-ring (bicyclic) bond motifs is 2. The maximum Gasteiger partial charge on any atom is 0.253 e. The number of halogens is 4. The van der Waals surface area contributed by atoms with Gasteiger partial charge in [0.05, 0.1) is 105 Å². The summed E-state index contributed by atoms with van der Waals surface area (Å²) in [5.74, 6) is -1.03. The Labute approximate surface area is 474 Å². The lowest BCUT2D eigenvalue weighted by Crippen LogP contribution is -2.44. The van der Waals surface area contributed by atoms with Gasteiger partial charge in [0, 0.05) is 69.2 Å². The SMILES string of the molecule is CN(CCOCCOCCOCCOCCOCCOCCNS(=O)(=O)c1ccc(Nc2ncc(Br)c(Nc3cccc(F)c3C(N)=O)n2)cc1)c1nc(N2CCNCC2)c2cc(Cl)c(-c3cc(O)cc4ccccc34)c(F)c2n1. The highest BCUT2D eigenvalue weighted by atomic mass is 79.9. The molecule has 7 N–H and O–H groups in total. The number of carbonyl (C=O) groups excluding carboxylic acids is 1. The Morgan fingerprint density at radius 2 is 1.44 bits per heavy atom. The summed E-state index contributed by atoms with van der Waals surface area (Å²) in [5.41, 5.74) is 6.41. The minimum absolute atomic E-state index is 0.000666. The zero-order chi connectivity index (χ0) is 56.4. The molecule has 1 fully saturated rings. The second-order valence-corrected chi connectivity index (χ2v) is 21.0. The molecule has 80 heavy (non-hydrogen) atoms. The van der Waals surface area contributed by atoms with Gasteiger partial charge in [-0.3, -0.25) is 4.79 Å². The van der Waals surface area contributed by atoms with Gasteiger partial charge in [0.25, 0.3) is 5.91 Å². The van der Waals surface area contributed by atoms with Crippen LogP contribution in [0.25, 0.3) is 32.8 Å². The van der Waals surface area contributed by atoms with Crippen LogP contribution < -0.4 is 36.2 Å². The number of phenols is 1. The van der Waals surface area contributed by atoms with Crippen LogP contribution in [0.5, 0.6) is 5.75 Å². The van der Waals surface area contributed by atoms with Crippen molar-refractivity contribution in [3.63, 3.8) is 0 Å². The summed E-state index contributed by atoms with van der Waals surface area (Å²) >= 11 is 10.2. The lowest BCUT2D eigenvalue weighted by Gasteiger charge is -2.30. The normalized spacial score (nSPS) is 12.8. The van der Waals surface area contributed by atoms with E-state index in [1.54, 1.807) is 24.3 Å². The number of benzene rings is 5. The summed E-state index contributed by atoms with van der Waals surface area (Å²) in [6, 6.07) is 22.3. The highest BCUT2D eigenvalue weighted by Gasteiger charge is 2.25. The molecule has 0 saturated carbocycles. The molecule has 0 unspecified atom stereocenters. The summed E-state index contributed by atoms with van der Waals surface area (Å²) in [4.78, 5) is 34.0. The van der Waals surface area contributed by atoms with E-state index in [0.29, 0.717) is 119 Å². The molecule has 0 atom stereocenters. The fraction of sp³-hybridized carbons (Fsp3) is 0.352. The highest BCUT2D eigenvalue weighted by molar-refractivity contribution is 9.10. The van der Waals surface area contributed by atoms with Crippen molar-refractivity contribution in [1.29, 1.82) is 0 Å². The van der Waals surface area contributed by atoms with Crippen LogP contribution in [-0.4, -0.2) is 165 Å². The molecular formula is C54H61BrClF2N11O10S. The molecule has 1 aliphatic rings. The van der Waals surface area contributed by atoms with Crippen LogP contribution in [0.4, 0.5) is 43.7 Å². The summed E-state index contributed by atoms with van der Waals surface area (Å²) in [6.45, 7) is 7.33. The van der Waals surface area contributed by atoms with Gasteiger partial charge in [-0.2, -0.15) is 9.97 Å². The summed E-state index contributed by atoms with van der Waals surface area (Å²) in [7, 11) is -2.00. The number of hydrogen-bond donors (Lipinski definition) is 6. The predicted molar refractivity (Wildman–Crippen MR) is 305 cm³/mol. The van der Waals surface area contributed by atoms with E-state index in [-0.39, 0.29) is 69.5 Å². The second-order valence-electron chi connectivity index (χ2n) is 17.9. The Morgan fingerprint density at radius 1 is 0.800 bits per heavy atom. The fourth-order valence-electron chi connectivity index (χ4n) is 8.41. The van der Waals surface area contributed by atoms with E-state index in [4.69, 9.17) is 55.7 Å². The molecule has 0 aliphatic carbocycles. The minimum atomic E-state index is -3.83. The number of piperazine rings is 1. The topological polar surface area (TPSA) is 259 Å². The molecule has 0 radical (unpaired) electrons. The number of anilines is 6. The Kier molecular flexibility index (Phi) is 21.8. The quantitative estimate of drug-likeness (QED) is 0.0236. The number of hydrogen-bond acceptors (Lipinski definition) is 19. The molecule has 8 rings (SSSR count). The van der Waals surface area contributed by atoms with Gasteiger partial charge in [-0.25, -0.2) is 31.9 Å². The van der Waals surface area contributed by atoms with Gasteiger partial charge in [-0.1, -0.05) is 41.9 Å². The first-order valence-electron chi connectivity index (χ1n) is 25.6. The molecule has 0 bridgehead atoms. The number of aromatic nitrogens is 4. The van der Waals surface area contributed by atoms with E-state index in [2.05, 4.69) is 51.5 Å². The van der Waals surface area contributed by atoms with E-state index in [9.17, 15) is 22.7 Å². The van der Waals surface area contributed by atoms with Crippen molar-refractivity contribution < 1.29 is 55.5 Å². The first-order valence-corrected chi connectivity index (χ1v) is 28.2. The van der Waals surface area contributed by atoms with Crippen molar-refractivity contribution in [2.75, 3.05) is 146 Å². The molecule has 7 aromatic rings. The van der Waals surface area contributed by atoms with Gasteiger partial charge in [0.1, 0.15) is 28.7 Å². The predicted octanol–water partition coefficient (Wildman–Crippen LogP) is 7.15. The third-order valence-corrected chi connectivity index (χ3v) is 14.7. The van der Waals surface area contributed by atoms with Crippen LogP contribution in [0.3, 0.4) is 0 Å². The van der Waals surface area contributed by atoms with Crippen molar-refractivity contribution in [1.82, 2.24) is 30.0 Å². The monoisotopic (exact) mass is 1210 g/mol.